The first-order valence-corrected chi connectivity index (χ1v) is 9.91. The van der Waals surface area contributed by atoms with E-state index in [9.17, 15) is 12.8 Å². The highest BCUT2D eigenvalue weighted by Gasteiger charge is 2.19. The average molecular weight is 363 g/mol. The molecule has 1 aliphatic carbocycles. The molecule has 1 heterocycles. The molecule has 134 valence electrons. The second kappa shape index (κ2) is 7.39. The SMILES string of the molecule is CN(c1ccc(NS(=O)(=O)c2ccc(F)cc2)cn1)C1CCCCC1. The van der Waals surface area contributed by atoms with Crippen LogP contribution in [-0.4, -0.2) is 26.5 Å². The first kappa shape index (κ1) is 17.7. The molecule has 0 amide bonds. The van der Waals surface area contributed by atoms with Gasteiger partial charge in [0.25, 0.3) is 10.0 Å². The van der Waals surface area contributed by atoms with Gasteiger partial charge in [0.2, 0.25) is 0 Å². The Kier molecular flexibility index (Phi) is 5.22. The Morgan fingerprint density at radius 1 is 1.08 bits per heavy atom. The fraction of sp³-hybridized carbons (Fsp3) is 0.389. The largest absolute Gasteiger partial charge is 0.357 e. The third-order valence-electron chi connectivity index (χ3n) is 4.61. The fourth-order valence-corrected chi connectivity index (χ4v) is 4.18. The number of aromatic nitrogens is 1. The zero-order chi connectivity index (χ0) is 17.9. The molecular formula is C18H22FN3O2S. The van der Waals surface area contributed by atoms with Gasteiger partial charge in [-0.3, -0.25) is 4.72 Å². The lowest BCUT2D eigenvalue weighted by Crippen LogP contribution is -2.33. The van der Waals surface area contributed by atoms with Crippen molar-refractivity contribution >= 4 is 21.5 Å². The molecule has 25 heavy (non-hydrogen) atoms. The molecule has 0 spiro atoms. The smallest absolute Gasteiger partial charge is 0.261 e. The number of anilines is 2. The molecule has 5 nitrogen and oxygen atoms in total. The van der Waals surface area contributed by atoms with E-state index in [1.807, 2.05) is 13.1 Å². The first-order chi connectivity index (χ1) is 12.0. The number of hydrogen-bond acceptors (Lipinski definition) is 4. The molecule has 1 aliphatic rings. The topological polar surface area (TPSA) is 62.3 Å². The van der Waals surface area contributed by atoms with Gasteiger partial charge >= 0.3 is 0 Å². The molecule has 2 aromatic rings. The Morgan fingerprint density at radius 3 is 2.36 bits per heavy atom. The summed E-state index contributed by atoms with van der Waals surface area (Å²) in [7, 11) is -1.73. The molecule has 0 atom stereocenters. The maximum atomic E-state index is 12.9. The van der Waals surface area contributed by atoms with Gasteiger partial charge in [-0.05, 0) is 49.2 Å². The molecule has 3 rings (SSSR count). The van der Waals surface area contributed by atoms with E-state index < -0.39 is 15.8 Å². The minimum atomic E-state index is -3.75. The van der Waals surface area contributed by atoms with Gasteiger partial charge in [-0.25, -0.2) is 17.8 Å². The third-order valence-corrected chi connectivity index (χ3v) is 6.01. The molecular weight excluding hydrogens is 341 g/mol. The van der Waals surface area contributed by atoms with Crippen LogP contribution < -0.4 is 9.62 Å². The van der Waals surface area contributed by atoms with Crippen LogP contribution >= 0.6 is 0 Å². The highest BCUT2D eigenvalue weighted by Crippen LogP contribution is 2.25. The summed E-state index contributed by atoms with van der Waals surface area (Å²) >= 11 is 0. The fourth-order valence-electron chi connectivity index (χ4n) is 3.14. The van der Waals surface area contributed by atoms with Crippen LogP contribution in [-0.2, 0) is 10.0 Å². The lowest BCUT2D eigenvalue weighted by molar-refractivity contribution is 0.426. The van der Waals surface area contributed by atoms with Crippen LogP contribution in [0.1, 0.15) is 32.1 Å². The second-order valence-corrected chi connectivity index (χ2v) is 8.05. The van der Waals surface area contributed by atoms with Gasteiger partial charge in [0.05, 0.1) is 16.8 Å². The molecule has 1 aromatic carbocycles. The van der Waals surface area contributed by atoms with Crippen molar-refractivity contribution in [3.05, 3.63) is 48.4 Å². The zero-order valence-electron chi connectivity index (χ0n) is 14.2. The van der Waals surface area contributed by atoms with Crippen molar-refractivity contribution in [2.75, 3.05) is 16.7 Å². The number of nitrogens with one attached hydrogen (secondary N) is 1. The molecule has 1 fully saturated rings. The summed E-state index contributed by atoms with van der Waals surface area (Å²) in [5.74, 6) is 0.354. The monoisotopic (exact) mass is 363 g/mol. The summed E-state index contributed by atoms with van der Waals surface area (Å²) in [6.07, 6.45) is 7.61. The summed E-state index contributed by atoms with van der Waals surface area (Å²) in [5.41, 5.74) is 0.380. The molecule has 1 saturated carbocycles. The van der Waals surface area contributed by atoms with Crippen LogP contribution in [0.5, 0.6) is 0 Å². The Bertz CT molecular complexity index is 801. The molecule has 0 radical (unpaired) electrons. The van der Waals surface area contributed by atoms with Gasteiger partial charge in [0, 0.05) is 13.1 Å². The van der Waals surface area contributed by atoms with E-state index in [0.717, 1.165) is 30.8 Å². The number of pyridine rings is 1. The van der Waals surface area contributed by atoms with Crippen molar-refractivity contribution in [2.45, 2.75) is 43.0 Å². The molecule has 0 unspecified atom stereocenters. The summed E-state index contributed by atoms with van der Waals surface area (Å²) in [6.45, 7) is 0. The molecule has 7 heteroatoms. The van der Waals surface area contributed by atoms with Crippen LogP contribution in [0, 0.1) is 5.82 Å². The van der Waals surface area contributed by atoms with Crippen molar-refractivity contribution in [2.24, 2.45) is 0 Å². The van der Waals surface area contributed by atoms with Crippen LogP contribution in [0.3, 0.4) is 0 Å². The van der Waals surface area contributed by atoms with Crippen LogP contribution in [0.15, 0.2) is 47.5 Å². The number of sulfonamides is 1. The van der Waals surface area contributed by atoms with Gasteiger partial charge in [0.1, 0.15) is 11.6 Å². The Labute approximate surface area is 147 Å². The number of hydrogen-bond donors (Lipinski definition) is 1. The van der Waals surface area contributed by atoms with Crippen LogP contribution in [0.2, 0.25) is 0 Å². The number of halogens is 1. The Morgan fingerprint density at radius 2 is 1.76 bits per heavy atom. The van der Waals surface area contributed by atoms with Gasteiger partial charge < -0.3 is 4.90 Å². The maximum absolute atomic E-state index is 12.9. The zero-order valence-corrected chi connectivity index (χ0v) is 15.0. The van der Waals surface area contributed by atoms with Gasteiger partial charge in [-0.2, -0.15) is 0 Å². The Hall–Kier alpha value is -2.15. The third kappa shape index (κ3) is 4.28. The minimum Gasteiger partial charge on any atom is -0.357 e. The van der Waals surface area contributed by atoms with E-state index in [4.69, 9.17) is 0 Å². The minimum absolute atomic E-state index is 0.0114. The highest BCUT2D eigenvalue weighted by molar-refractivity contribution is 7.92. The number of benzene rings is 1. The summed E-state index contributed by atoms with van der Waals surface area (Å²) in [4.78, 5) is 6.56. The summed E-state index contributed by atoms with van der Waals surface area (Å²) < 4.78 is 40.0. The summed E-state index contributed by atoms with van der Waals surface area (Å²) in [6, 6.07) is 8.71. The van der Waals surface area contributed by atoms with E-state index in [2.05, 4.69) is 14.6 Å². The summed E-state index contributed by atoms with van der Waals surface area (Å²) in [5, 5.41) is 0. The number of rotatable bonds is 5. The van der Waals surface area contributed by atoms with Crippen molar-refractivity contribution in [1.82, 2.24) is 4.98 Å². The molecule has 0 aliphatic heterocycles. The Balaban J connectivity index is 1.70. The molecule has 1 aromatic heterocycles. The van der Waals surface area contributed by atoms with Crippen molar-refractivity contribution in [3.8, 4) is 0 Å². The first-order valence-electron chi connectivity index (χ1n) is 8.43. The molecule has 0 saturated heterocycles. The van der Waals surface area contributed by atoms with Gasteiger partial charge in [-0.1, -0.05) is 19.3 Å². The van der Waals surface area contributed by atoms with Crippen molar-refractivity contribution in [1.29, 1.82) is 0 Å². The van der Waals surface area contributed by atoms with Gasteiger partial charge in [-0.15, -0.1) is 0 Å². The van der Waals surface area contributed by atoms with Crippen LogP contribution in [0.25, 0.3) is 0 Å². The lowest BCUT2D eigenvalue weighted by atomic mass is 9.94. The quantitative estimate of drug-likeness (QED) is 0.878. The van der Waals surface area contributed by atoms with Crippen molar-refractivity contribution in [3.63, 3.8) is 0 Å². The van der Waals surface area contributed by atoms with Gasteiger partial charge in [0.15, 0.2) is 0 Å². The predicted octanol–water partition coefficient (Wildman–Crippen LogP) is 3.79. The van der Waals surface area contributed by atoms with E-state index >= 15 is 0 Å². The van der Waals surface area contributed by atoms with Crippen molar-refractivity contribution < 1.29 is 12.8 Å². The van der Waals surface area contributed by atoms with E-state index in [1.54, 1.807) is 6.07 Å². The molecule has 0 bridgehead atoms. The predicted molar refractivity (Wildman–Crippen MR) is 96.7 cm³/mol. The second-order valence-electron chi connectivity index (χ2n) is 6.37. The highest BCUT2D eigenvalue weighted by atomic mass is 32.2. The van der Waals surface area contributed by atoms with Crippen LogP contribution in [0.4, 0.5) is 15.9 Å². The van der Waals surface area contributed by atoms with E-state index in [1.165, 1.54) is 37.6 Å². The number of nitrogens with zero attached hydrogens (tertiary/aromatic N) is 2. The maximum Gasteiger partial charge on any atom is 0.261 e. The average Bonchev–Trinajstić information content (AvgIpc) is 2.62. The van der Waals surface area contributed by atoms with E-state index in [0.29, 0.717) is 11.7 Å². The lowest BCUT2D eigenvalue weighted by Gasteiger charge is -2.32. The normalized spacial score (nSPS) is 15.8. The standard InChI is InChI=1S/C18H22FN3O2S/c1-22(16-5-3-2-4-6-16)18-12-9-15(13-20-18)21-25(23,24)17-10-7-14(19)8-11-17/h7-13,16,21H,2-6H2,1H3. The molecule has 1 N–H and O–H groups in total. The van der Waals surface area contributed by atoms with E-state index in [-0.39, 0.29) is 4.90 Å².